The minimum absolute atomic E-state index is 0.277. The Balaban J connectivity index is 2.12. The molecule has 6 nitrogen and oxygen atoms in total. The lowest BCUT2D eigenvalue weighted by molar-refractivity contribution is 0.0601. The normalized spacial score (nSPS) is 11.8. The zero-order valence-corrected chi connectivity index (χ0v) is 15.4. The van der Waals surface area contributed by atoms with Crippen LogP contribution in [0.3, 0.4) is 0 Å². The van der Waals surface area contributed by atoms with E-state index < -0.39 is 5.97 Å². The van der Waals surface area contributed by atoms with Crippen LogP contribution >= 0.6 is 22.7 Å². The Bertz CT molecular complexity index is 970. The predicted octanol–water partition coefficient (Wildman–Crippen LogP) is 2.94. The van der Waals surface area contributed by atoms with Crippen molar-refractivity contribution in [2.24, 2.45) is 4.99 Å². The number of benzene rings is 1. The van der Waals surface area contributed by atoms with Crippen molar-refractivity contribution < 1.29 is 19.1 Å². The van der Waals surface area contributed by atoms with Crippen LogP contribution in [0, 0.1) is 0 Å². The highest BCUT2D eigenvalue weighted by molar-refractivity contribution is 7.16. The van der Waals surface area contributed by atoms with Crippen molar-refractivity contribution >= 4 is 44.8 Å². The molecule has 3 aromatic rings. The fraction of sp³-hybridized carbons (Fsp3) is 0.235. The Kier molecular flexibility index (Phi) is 5.42. The molecule has 0 radical (unpaired) electrons. The van der Waals surface area contributed by atoms with Gasteiger partial charge < -0.3 is 14.0 Å². The van der Waals surface area contributed by atoms with Crippen LogP contribution in [0.25, 0.3) is 10.2 Å². The van der Waals surface area contributed by atoms with Crippen LogP contribution < -0.4 is 4.80 Å². The van der Waals surface area contributed by atoms with Gasteiger partial charge in [-0.05, 0) is 29.6 Å². The van der Waals surface area contributed by atoms with E-state index in [2.05, 4.69) is 4.99 Å². The lowest BCUT2D eigenvalue weighted by Crippen LogP contribution is -2.19. The third kappa shape index (κ3) is 3.71. The second-order valence-electron chi connectivity index (χ2n) is 5.10. The van der Waals surface area contributed by atoms with Gasteiger partial charge in [0.2, 0.25) is 0 Å². The third-order valence-corrected chi connectivity index (χ3v) is 5.45. The number of ether oxygens (including phenoxy) is 2. The molecule has 0 aliphatic heterocycles. The van der Waals surface area contributed by atoms with Crippen molar-refractivity contribution in [1.29, 1.82) is 0 Å². The number of hydrogen-bond donors (Lipinski definition) is 0. The maximum Gasteiger partial charge on any atom is 0.337 e. The SMILES string of the molecule is COCCn1c(=NC(=O)c2cccs2)sc2cc(C(=O)OC)ccc21. The zero-order chi connectivity index (χ0) is 17.8. The van der Waals surface area contributed by atoms with Crippen molar-refractivity contribution in [2.75, 3.05) is 20.8 Å². The van der Waals surface area contributed by atoms with Gasteiger partial charge in [0.25, 0.3) is 5.91 Å². The largest absolute Gasteiger partial charge is 0.465 e. The molecular weight excluding hydrogens is 360 g/mol. The first-order valence-electron chi connectivity index (χ1n) is 7.47. The molecule has 0 spiro atoms. The summed E-state index contributed by atoms with van der Waals surface area (Å²) in [6.07, 6.45) is 0. The highest BCUT2D eigenvalue weighted by Crippen LogP contribution is 2.20. The van der Waals surface area contributed by atoms with Crippen molar-refractivity contribution in [3.63, 3.8) is 0 Å². The Morgan fingerprint density at radius 2 is 2.08 bits per heavy atom. The first-order chi connectivity index (χ1) is 12.1. The van der Waals surface area contributed by atoms with E-state index in [9.17, 15) is 9.59 Å². The van der Waals surface area contributed by atoms with E-state index >= 15 is 0 Å². The number of aromatic nitrogens is 1. The molecule has 0 aliphatic carbocycles. The first kappa shape index (κ1) is 17.5. The van der Waals surface area contributed by atoms with Crippen molar-refractivity contribution in [1.82, 2.24) is 4.57 Å². The predicted molar refractivity (Wildman–Crippen MR) is 97.2 cm³/mol. The number of thiazole rings is 1. The molecule has 0 N–H and O–H groups in total. The summed E-state index contributed by atoms with van der Waals surface area (Å²) in [5.41, 5.74) is 1.36. The standard InChI is InChI=1S/C17H16N2O4S2/c1-22-8-7-19-12-6-5-11(16(21)23-2)10-14(12)25-17(19)18-15(20)13-4-3-9-24-13/h3-6,9-10H,7-8H2,1-2H3. The number of amides is 1. The number of nitrogens with zero attached hydrogens (tertiary/aromatic N) is 2. The number of carbonyl (C=O) groups excluding carboxylic acids is 2. The molecule has 0 saturated heterocycles. The van der Waals surface area contributed by atoms with Crippen LogP contribution in [-0.2, 0) is 16.0 Å². The summed E-state index contributed by atoms with van der Waals surface area (Å²) in [6, 6.07) is 8.86. The Morgan fingerprint density at radius 3 is 2.76 bits per heavy atom. The van der Waals surface area contributed by atoms with E-state index in [0.717, 1.165) is 10.2 Å². The molecule has 8 heteroatoms. The van der Waals surface area contributed by atoms with E-state index in [1.807, 2.05) is 22.1 Å². The smallest absolute Gasteiger partial charge is 0.337 e. The number of carbonyl (C=O) groups is 2. The summed E-state index contributed by atoms with van der Waals surface area (Å²) in [5.74, 6) is -0.673. The number of thiophene rings is 1. The summed E-state index contributed by atoms with van der Waals surface area (Å²) < 4.78 is 12.7. The number of hydrogen-bond acceptors (Lipinski definition) is 6. The number of fused-ring (bicyclic) bond motifs is 1. The van der Waals surface area contributed by atoms with Gasteiger partial charge in [0.1, 0.15) is 0 Å². The van der Waals surface area contributed by atoms with Gasteiger partial charge in [0.05, 0.1) is 34.4 Å². The molecule has 0 atom stereocenters. The van der Waals surface area contributed by atoms with Crippen molar-refractivity contribution in [2.45, 2.75) is 6.54 Å². The quantitative estimate of drug-likeness (QED) is 0.642. The Hall–Kier alpha value is -2.29. The van der Waals surface area contributed by atoms with Gasteiger partial charge in [-0.15, -0.1) is 11.3 Å². The lowest BCUT2D eigenvalue weighted by Gasteiger charge is -2.04. The molecule has 2 heterocycles. The minimum Gasteiger partial charge on any atom is -0.465 e. The van der Waals surface area contributed by atoms with Crippen LogP contribution in [0.4, 0.5) is 0 Å². The molecule has 0 unspecified atom stereocenters. The van der Waals surface area contributed by atoms with Crippen LogP contribution in [0.5, 0.6) is 0 Å². The molecule has 1 amide bonds. The summed E-state index contributed by atoms with van der Waals surface area (Å²) in [7, 11) is 2.97. The molecule has 0 bridgehead atoms. The van der Waals surface area contributed by atoms with Crippen molar-refractivity contribution in [3.05, 3.63) is 51.0 Å². The molecule has 2 aromatic heterocycles. The van der Waals surface area contributed by atoms with Crippen LogP contribution in [0.15, 0.2) is 40.7 Å². The average Bonchev–Trinajstić information content (AvgIpc) is 3.26. The van der Waals surface area contributed by atoms with Gasteiger partial charge in [-0.3, -0.25) is 4.79 Å². The highest BCUT2D eigenvalue weighted by Gasteiger charge is 2.12. The summed E-state index contributed by atoms with van der Waals surface area (Å²) >= 11 is 2.72. The maximum absolute atomic E-state index is 12.3. The van der Waals surface area contributed by atoms with E-state index in [0.29, 0.717) is 28.4 Å². The first-order valence-corrected chi connectivity index (χ1v) is 9.17. The number of methoxy groups -OCH3 is 2. The molecule has 3 rings (SSSR count). The average molecular weight is 376 g/mol. The van der Waals surface area contributed by atoms with Gasteiger partial charge in [0.15, 0.2) is 4.80 Å². The van der Waals surface area contributed by atoms with Gasteiger partial charge >= 0.3 is 5.97 Å². The van der Waals surface area contributed by atoms with Crippen LogP contribution in [0.2, 0.25) is 0 Å². The molecule has 1 aromatic carbocycles. The lowest BCUT2D eigenvalue weighted by atomic mass is 10.2. The molecule has 130 valence electrons. The minimum atomic E-state index is -0.396. The second kappa shape index (κ2) is 7.73. The van der Waals surface area contributed by atoms with Crippen molar-refractivity contribution in [3.8, 4) is 0 Å². The van der Waals surface area contributed by atoms with E-state index in [1.165, 1.54) is 29.8 Å². The number of esters is 1. The molecule has 25 heavy (non-hydrogen) atoms. The third-order valence-electron chi connectivity index (χ3n) is 3.55. The summed E-state index contributed by atoms with van der Waals surface area (Å²) in [4.78, 5) is 29.5. The Morgan fingerprint density at radius 1 is 1.24 bits per heavy atom. The topological polar surface area (TPSA) is 69.9 Å². The molecule has 0 aliphatic rings. The van der Waals surface area contributed by atoms with Gasteiger partial charge in [0, 0.05) is 13.7 Å². The van der Waals surface area contributed by atoms with E-state index in [1.54, 1.807) is 25.3 Å². The molecule has 0 fully saturated rings. The summed E-state index contributed by atoms with van der Waals surface area (Å²) in [6.45, 7) is 1.05. The number of rotatable bonds is 5. The zero-order valence-electron chi connectivity index (χ0n) is 13.7. The maximum atomic E-state index is 12.3. The van der Waals surface area contributed by atoms with E-state index in [-0.39, 0.29) is 5.91 Å². The Labute approximate surface area is 152 Å². The highest BCUT2D eigenvalue weighted by atomic mass is 32.1. The fourth-order valence-corrected chi connectivity index (χ4v) is 4.05. The van der Waals surface area contributed by atoms with Crippen LogP contribution in [-0.4, -0.2) is 37.3 Å². The van der Waals surface area contributed by atoms with Gasteiger partial charge in [-0.1, -0.05) is 17.4 Å². The van der Waals surface area contributed by atoms with Gasteiger partial charge in [-0.25, -0.2) is 4.79 Å². The van der Waals surface area contributed by atoms with Gasteiger partial charge in [-0.2, -0.15) is 4.99 Å². The van der Waals surface area contributed by atoms with Crippen LogP contribution in [0.1, 0.15) is 20.0 Å². The molecular formula is C17H16N2O4S2. The monoisotopic (exact) mass is 376 g/mol. The summed E-state index contributed by atoms with van der Waals surface area (Å²) in [5, 5.41) is 1.84. The fourth-order valence-electron chi connectivity index (χ4n) is 2.34. The molecule has 0 saturated carbocycles. The second-order valence-corrected chi connectivity index (χ2v) is 7.05. The van der Waals surface area contributed by atoms with E-state index in [4.69, 9.17) is 9.47 Å².